The first kappa shape index (κ1) is 8.84. The molecule has 0 aliphatic carbocycles. The van der Waals surface area contributed by atoms with Crippen LogP contribution in [0, 0.1) is 0 Å². The minimum Gasteiger partial charge on any atom is -0.331 e. The molecular weight excluding hydrogens is 202 g/mol. The summed E-state index contributed by atoms with van der Waals surface area (Å²) in [5, 5.41) is 11.2. The molecule has 5 nitrogen and oxygen atoms in total. The maximum absolute atomic E-state index is 4.24. The molecule has 16 heavy (non-hydrogen) atoms. The molecule has 78 valence electrons. The molecule has 0 amide bonds. The zero-order valence-electron chi connectivity index (χ0n) is 8.41. The number of allylic oxidation sites excluding steroid dienone is 2. The number of hydrogen-bond acceptors (Lipinski definition) is 4. The Morgan fingerprint density at radius 2 is 2.06 bits per heavy atom. The number of nitrogens with one attached hydrogen (secondary N) is 1. The van der Waals surface area contributed by atoms with Crippen LogP contribution in [-0.4, -0.2) is 21.0 Å². The molecule has 3 rings (SSSR count). The van der Waals surface area contributed by atoms with Gasteiger partial charge in [0.2, 0.25) is 5.96 Å². The number of aromatic nitrogens is 3. The van der Waals surface area contributed by atoms with Gasteiger partial charge in [-0.3, -0.25) is 0 Å². The van der Waals surface area contributed by atoms with Crippen LogP contribution in [0.3, 0.4) is 0 Å². The third-order valence-electron chi connectivity index (χ3n) is 2.26. The van der Waals surface area contributed by atoms with Crippen LogP contribution in [-0.2, 0) is 0 Å². The van der Waals surface area contributed by atoms with Gasteiger partial charge in [0.25, 0.3) is 0 Å². The van der Waals surface area contributed by atoms with Gasteiger partial charge in [0, 0.05) is 12.4 Å². The largest absolute Gasteiger partial charge is 0.331 e. The zero-order valence-corrected chi connectivity index (χ0v) is 8.41. The van der Waals surface area contributed by atoms with Crippen molar-refractivity contribution < 1.29 is 0 Å². The minimum absolute atomic E-state index is 0.638. The average molecular weight is 211 g/mol. The molecule has 2 heterocycles. The van der Waals surface area contributed by atoms with E-state index in [1.807, 2.05) is 36.4 Å². The summed E-state index contributed by atoms with van der Waals surface area (Å²) in [6.45, 7) is 0. The average Bonchev–Trinajstić information content (AvgIpc) is 2.57. The SMILES string of the molecule is C1=CN=C(n2nnc3ccccc32)NC=C1. The fourth-order valence-corrected chi connectivity index (χ4v) is 1.52. The van der Waals surface area contributed by atoms with Crippen LogP contribution >= 0.6 is 0 Å². The van der Waals surface area contributed by atoms with Gasteiger partial charge in [-0.05, 0) is 24.3 Å². The summed E-state index contributed by atoms with van der Waals surface area (Å²) >= 11 is 0. The van der Waals surface area contributed by atoms with Gasteiger partial charge in [0.05, 0.1) is 5.52 Å². The standard InChI is InChI=1S/C11H9N5/c1-2-6-10-9(5-1)14-15-16(10)11-12-7-3-4-8-13-11/h1-8H,(H,12,13). The number of benzene rings is 1. The van der Waals surface area contributed by atoms with Crippen molar-refractivity contribution in [1.82, 2.24) is 20.3 Å². The lowest BCUT2D eigenvalue weighted by Crippen LogP contribution is -2.26. The number of rotatable bonds is 0. The Balaban J connectivity index is 2.15. The second-order valence-corrected chi connectivity index (χ2v) is 3.29. The van der Waals surface area contributed by atoms with Gasteiger partial charge in [0.15, 0.2) is 0 Å². The van der Waals surface area contributed by atoms with Gasteiger partial charge < -0.3 is 5.32 Å². The highest BCUT2D eigenvalue weighted by atomic mass is 15.5. The predicted molar refractivity (Wildman–Crippen MR) is 61.8 cm³/mol. The summed E-state index contributed by atoms with van der Waals surface area (Å²) in [6.07, 6.45) is 7.23. The topological polar surface area (TPSA) is 55.1 Å². The van der Waals surface area contributed by atoms with Crippen LogP contribution in [0.5, 0.6) is 0 Å². The number of hydrogen-bond donors (Lipinski definition) is 1. The first-order valence-corrected chi connectivity index (χ1v) is 4.92. The number of nitrogens with zero attached hydrogens (tertiary/aromatic N) is 4. The first-order valence-electron chi connectivity index (χ1n) is 4.92. The molecule has 2 aromatic rings. The van der Waals surface area contributed by atoms with Crippen molar-refractivity contribution >= 4 is 17.0 Å². The molecule has 1 N–H and O–H groups in total. The van der Waals surface area contributed by atoms with Crippen LogP contribution in [0.15, 0.2) is 53.8 Å². The van der Waals surface area contributed by atoms with E-state index in [4.69, 9.17) is 0 Å². The van der Waals surface area contributed by atoms with Crippen molar-refractivity contribution in [2.75, 3.05) is 0 Å². The monoisotopic (exact) mass is 211 g/mol. The maximum atomic E-state index is 4.24. The van der Waals surface area contributed by atoms with E-state index in [2.05, 4.69) is 20.6 Å². The lowest BCUT2D eigenvalue weighted by Gasteiger charge is -2.03. The van der Waals surface area contributed by atoms with Crippen molar-refractivity contribution in [2.45, 2.75) is 0 Å². The minimum atomic E-state index is 0.638. The molecule has 0 spiro atoms. The van der Waals surface area contributed by atoms with E-state index in [-0.39, 0.29) is 0 Å². The molecule has 1 aliphatic heterocycles. The van der Waals surface area contributed by atoms with Crippen molar-refractivity contribution in [3.05, 3.63) is 48.8 Å². The Labute approximate surface area is 91.8 Å². The molecule has 0 saturated carbocycles. The Bertz CT molecular complexity index is 606. The highest BCUT2D eigenvalue weighted by Gasteiger charge is 2.08. The van der Waals surface area contributed by atoms with Crippen LogP contribution in [0.4, 0.5) is 0 Å². The lowest BCUT2D eigenvalue weighted by atomic mass is 10.3. The molecule has 1 aromatic carbocycles. The summed E-state index contributed by atoms with van der Waals surface area (Å²) < 4.78 is 1.68. The molecule has 0 atom stereocenters. The third-order valence-corrected chi connectivity index (χ3v) is 2.26. The normalized spacial score (nSPS) is 14.6. The van der Waals surface area contributed by atoms with Gasteiger partial charge >= 0.3 is 0 Å². The molecule has 0 unspecified atom stereocenters. The van der Waals surface area contributed by atoms with Crippen molar-refractivity contribution in [3.63, 3.8) is 0 Å². The van der Waals surface area contributed by atoms with E-state index >= 15 is 0 Å². The molecule has 0 bridgehead atoms. The second kappa shape index (κ2) is 3.62. The summed E-state index contributed by atoms with van der Waals surface area (Å²) in [5.74, 6) is 0.638. The molecular formula is C11H9N5. The zero-order chi connectivity index (χ0) is 10.8. The van der Waals surface area contributed by atoms with Gasteiger partial charge in [0.1, 0.15) is 5.52 Å². The van der Waals surface area contributed by atoms with E-state index in [0.717, 1.165) is 11.0 Å². The Kier molecular flexibility index (Phi) is 2.00. The maximum Gasteiger partial charge on any atom is 0.229 e. The molecule has 1 aliphatic rings. The van der Waals surface area contributed by atoms with E-state index in [1.165, 1.54) is 0 Å². The van der Waals surface area contributed by atoms with Crippen LogP contribution in [0.2, 0.25) is 0 Å². The van der Waals surface area contributed by atoms with Gasteiger partial charge in [-0.2, -0.15) is 4.68 Å². The number of para-hydroxylation sites is 1. The summed E-state index contributed by atoms with van der Waals surface area (Å²) in [7, 11) is 0. The van der Waals surface area contributed by atoms with Crippen molar-refractivity contribution in [3.8, 4) is 0 Å². The van der Waals surface area contributed by atoms with Gasteiger partial charge in [-0.25, -0.2) is 4.99 Å². The molecule has 0 radical (unpaired) electrons. The summed E-state index contributed by atoms with van der Waals surface area (Å²) in [5.41, 5.74) is 1.78. The predicted octanol–water partition coefficient (Wildman–Crippen LogP) is 1.27. The van der Waals surface area contributed by atoms with Crippen LogP contribution < -0.4 is 5.32 Å². The van der Waals surface area contributed by atoms with Gasteiger partial charge in [-0.1, -0.05) is 17.3 Å². The number of fused-ring (bicyclic) bond motifs is 1. The molecule has 0 saturated heterocycles. The highest BCUT2D eigenvalue weighted by molar-refractivity contribution is 5.91. The van der Waals surface area contributed by atoms with Crippen LogP contribution in [0.1, 0.15) is 0 Å². The quantitative estimate of drug-likeness (QED) is 0.713. The van der Waals surface area contributed by atoms with E-state index in [1.54, 1.807) is 17.1 Å². The Hall–Kier alpha value is -2.43. The fourth-order valence-electron chi connectivity index (χ4n) is 1.52. The van der Waals surface area contributed by atoms with E-state index in [0.29, 0.717) is 5.96 Å². The third kappa shape index (κ3) is 1.38. The Morgan fingerprint density at radius 3 is 3.06 bits per heavy atom. The number of aliphatic imine (C=N–C) groups is 1. The lowest BCUT2D eigenvalue weighted by molar-refractivity contribution is 0.837. The van der Waals surface area contributed by atoms with Crippen molar-refractivity contribution in [1.29, 1.82) is 0 Å². The summed E-state index contributed by atoms with van der Waals surface area (Å²) in [6, 6.07) is 7.76. The summed E-state index contributed by atoms with van der Waals surface area (Å²) in [4.78, 5) is 4.24. The van der Waals surface area contributed by atoms with Crippen LogP contribution in [0.25, 0.3) is 11.0 Å². The molecule has 5 heteroatoms. The smallest absolute Gasteiger partial charge is 0.229 e. The highest BCUT2D eigenvalue weighted by Crippen LogP contribution is 2.09. The fraction of sp³-hybridized carbons (Fsp3) is 0. The van der Waals surface area contributed by atoms with Gasteiger partial charge in [-0.15, -0.1) is 5.10 Å². The second-order valence-electron chi connectivity index (χ2n) is 3.29. The van der Waals surface area contributed by atoms with E-state index in [9.17, 15) is 0 Å². The first-order chi connectivity index (χ1) is 7.95. The Morgan fingerprint density at radius 1 is 1.12 bits per heavy atom. The van der Waals surface area contributed by atoms with E-state index < -0.39 is 0 Å². The molecule has 1 aromatic heterocycles. The molecule has 0 fully saturated rings. The van der Waals surface area contributed by atoms with Crippen molar-refractivity contribution in [2.24, 2.45) is 4.99 Å².